The van der Waals surface area contributed by atoms with Crippen LogP contribution in [-0.2, 0) is 14.3 Å². The number of carbonyl (C=O) groups is 2. The summed E-state index contributed by atoms with van der Waals surface area (Å²) in [5.41, 5.74) is 1.78. The minimum absolute atomic E-state index is 0.0397. The van der Waals surface area contributed by atoms with Crippen LogP contribution in [0.3, 0.4) is 0 Å². The molecule has 0 fully saturated rings. The molecular weight excluding hydrogens is 270 g/mol. The van der Waals surface area contributed by atoms with Crippen molar-refractivity contribution >= 4 is 11.9 Å². The average molecular weight is 293 g/mol. The first-order valence-electron chi connectivity index (χ1n) is 7.19. The number of carboxylic acid groups (broad SMARTS) is 1. The van der Waals surface area contributed by atoms with Crippen molar-refractivity contribution in [3.8, 4) is 0 Å². The molecule has 1 amide bonds. The highest BCUT2D eigenvalue weighted by atomic mass is 16.5. The summed E-state index contributed by atoms with van der Waals surface area (Å²) >= 11 is 0. The first-order chi connectivity index (χ1) is 10.0. The summed E-state index contributed by atoms with van der Waals surface area (Å²) in [6.07, 6.45) is 1.77. The van der Waals surface area contributed by atoms with Gasteiger partial charge in [-0.3, -0.25) is 9.59 Å². The van der Waals surface area contributed by atoms with E-state index in [0.29, 0.717) is 6.61 Å². The number of ether oxygens (including phenoxy) is 1. The van der Waals surface area contributed by atoms with Crippen LogP contribution in [-0.4, -0.2) is 30.2 Å². The highest BCUT2D eigenvalue weighted by Crippen LogP contribution is 2.20. The number of aliphatic carboxylic acids is 1. The molecule has 0 aliphatic carbocycles. The molecule has 1 rings (SSSR count). The molecule has 1 atom stereocenters. The number of aryl methyl sites for hydroxylation is 1. The number of unbranched alkanes of at least 4 members (excludes halogenated alkanes) is 1. The van der Waals surface area contributed by atoms with Crippen LogP contribution in [0.2, 0.25) is 0 Å². The molecular formula is C16H23NO4. The maximum absolute atomic E-state index is 11.9. The summed E-state index contributed by atoms with van der Waals surface area (Å²) in [4.78, 5) is 22.8. The van der Waals surface area contributed by atoms with Crippen molar-refractivity contribution in [3.63, 3.8) is 0 Å². The lowest BCUT2D eigenvalue weighted by atomic mass is 9.99. The van der Waals surface area contributed by atoms with Crippen LogP contribution in [0.5, 0.6) is 0 Å². The molecule has 0 radical (unpaired) electrons. The van der Waals surface area contributed by atoms with Crippen molar-refractivity contribution < 1.29 is 19.4 Å². The summed E-state index contributed by atoms with van der Waals surface area (Å²) in [6, 6.07) is 6.91. The fourth-order valence-corrected chi connectivity index (χ4v) is 2.04. The van der Waals surface area contributed by atoms with Gasteiger partial charge in [-0.2, -0.15) is 0 Å². The minimum Gasteiger partial charge on any atom is -0.481 e. The van der Waals surface area contributed by atoms with Crippen molar-refractivity contribution in [2.75, 3.05) is 13.2 Å². The third-order valence-electron chi connectivity index (χ3n) is 3.15. The van der Waals surface area contributed by atoms with E-state index in [1.165, 1.54) is 0 Å². The van der Waals surface area contributed by atoms with Gasteiger partial charge in [-0.1, -0.05) is 37.6 Å². The van der Waals surface area contributed by atoms with Gasteiger partial charge in [-0.25, -0.2) is 0 Å². The lowest BCUT2D eigenvalue weighted by Gasteiger charge is -2.19. The number of hydrogen-bond donors (Lipinski definition) is 2. The molecule has 0 aromatic heterocycles. The first kappa shape index (κ1) is 17.2. The Labute approximate surface area is 125 Å². The monoisotopic (exact) mass is 293 g/mol. The normalized spacial score (nSPS) is 11.9. The predicted molar refractivity (Wildman–Crippen MR) is 80.0 cm³/mol. The molecule has 0 aliphatic heterocycles. The van der Waals surface area contributed by atoms with Gasteiger partial charge in [-0.15, -0.1) is 0 Å². The maximum Gasteiger partial charge on any atom is 0.305 e. The zero-order valence-electron chi connectivity index (χ0n) is 12.6. The number of benzene rings is 1. The number of nitrogens with one attached hydrogen (secondary N) is 1. The van der Waals surface area contributed by atoms with Crippen LogP contribution < -0.4 is 5.32 Å². The molecule has 0 saturated heterocycles. The third-order valence-corrected chi connectivity index (χ3v) is 3.15. The zero-order chi connectivity index (χ0) is 15.7. The van der Waals surface area contributed by atoms with Gasteiger partial charge in [-0.05, 0) is 24.5 Å². The van der Waals surface area contributed by atoms with E-state index in [9.17, 15) is 9.59 Å². The predicted octanol–water partition coefficient (Wildman–Crippen LogP) is 2.44. The average Bonchev–Trinajstić information content (AvgIpc) is 2.43. The van der Waals surface area contributed by atoms with Crippen LogP contribution in [0.1, 0.15) is 43.4 Å². The Balaban J connectivity index is 2.64. The van der Waals surface area contributed by atoms with E-state index in [1.807, 2.05) is 38.1 Å². The summed E-state index contributed by atoms with van der Waals surface area (Å²) in [7, 11) is 0. The Bertz CT molecular complexity index is 473. The second-order valence-corrected chi connectivity index (χ2v) is 4.98. The number of carbonyl (C=O) groups excluding carboxylic acids is 1. The number of hydrogen-bond acceptors (Lipinski definition) is 3. The summed E-state index contributed by atoms with van der Waals surface area (Å²) in [5.74, 6) is -1.24. The lowest BCUT2D eigenvalue weighted by molar-refractivity contribution is -0.138. The van der Waals surface area contributed by atoms with Gasteiger partial charge in [0.2, 0.25) is 5.91 Å². The molecule has 0 bridgehead atoms. The van der Waals surface area contributed by atoms with Gasteiger partial charge in [0.1, 0.15) is 6.61 Å². The van der Waals surface area contributed by atoms with Crippen LogP contribution >= 0.6 is 0 Å². The van der Waals surface area contributed by atoms with Crippen LogP contribution in [0.4, 0.5) is 0 Å². The summed E-state index contributed by atoms with van der Waals surface area (Å²) in [5, 5.41) is 11.8. The fraction of sp³-hybridized carbons (Fsp3) is 0.500. The van der Waals surface area contributed by atoms with Gasteiger partial charge >= 0.3 is 5.97 Å². The van der Waals surface area contributed by atoms with Crippen molar-refractivity contribution in [2.24, 2.45) is 0 Å². The highest BCUT2D eigenvalue weighted by molar-refractivity contribution is 5.79. The van der Waals surface area contributed by atoms with Crippen molar-refractivity contribution in [3.05, 3.63) is 35.4 Å². The molecule has 1 unspecified atom stereocenters. The fourth-order valence-electron chi connectivity index (χ4n) is 2.04. The molecule has 5 heteroatoms. The number of carboxylic acids is 1. The molecule has 0 spiro atoms. The van der Waals surface area contributed by atoms with Gasteiger partial charge < -0.3 is 15.2 Å². The third kappa shape index (κ3) is 6.40. The van der Waals surface area contributed by atoms with E-state index in [1.54, 1.807) is 0 Å². The van der Waals surface area contributed by atoms with Crippen molar-refractivity contribution in [1.82, 2.24) is 5.32 Å². The second kappa shape index (κ2) is 9.13. The smallest absolute Gasteiger partial charge is 0.305 e. The topological polar surface area (TPSA) is 75.6 Å². The molecule has 0 aliphatic rings. The molecule has 1 aromatic carbocycles. The Kier molecular flexibility index (Phi) is 7.46. The number of amides is 1. The van der Waals surface area contributed by atoms with Gasteiger partial charge in [0, 0.05) is 6.61 Å². The standard InChI is InChI=1S/C16H23NO4/c1-3-4-9-21-11-15(18)17-14(10-16(19)20)13-8-6-5-7-12(13)2/h5-8,14H,3-4,9-11H2,1-2H3,(H,17,18)(H,19,20). The van der Waals surface area contributed by atoms with E-state index in [-0.39, 0.29) is 18.9 Å². The van der Waals surface area contributed by atoms with E-state index >= 15 is 0 Å². The molecule has 21 heavy (non-hydrogen) atoms. The highest BCUT2D eigenvalue weighted by Gasteiger charge is 2.19. The van der Waals surface area contributed by atoms with Crippen LogP contribution in [0, 0.1) is 6.92 Å². The Hall–Kier alpha value is -1.88. The Morgan fingerprint density at radius 2 is 2.05 bits per heavy atom. The van der Waals surface area contributed by atoms with E-state index < -0.39 is 12.0 Å². The summed E-state index contributed by atoms with van der Waals surface area (Å²) < 4.78 is 5.25. The first-order valence-corrected chi connectivity index (χ1v) is 7.19. The molecule has 116 valence electrons. The molecule has 5 nitrogen and oxygen atoms in total. The largest absolute Gasteiger partial charge is 0.481 e. The molecule has 0 saturated carbocycles. The van der Waals surface area contributed by atoms with E-state index in [0.717, 1.165) is 24.0 Å². The van der Waals surface area contributed by atoms with Crippen molar-refractivity contribution in [1.29, 1.82) is 0 Å². The van der Waals surface area contributed by atoms with Crippen molar-refractivity contribution in [2.45, 2.75) is 39.2 Å². The quantitative estimate of drug-likeness (QED) is 0.686. The Morgan fingerprint density at radius 1 is 1.33 bits per heavy atom. The molecule has 1 aromatic rings. The van der Waals surface area contributed by atoms with E-state index in [4.69, 9.17) is 9.84 Å². The minimum atomic E-state index is -0.949. The molecule has 0 heterocycles. The SMILES string of the molecule is CCCCOCC(=O)NC(CC(=O)O)c1ccccc1C. The second-order valence-electron chi connectivity index (χ2n) is 4.98. The molecule has 2 N–H and O–H groups in total. The van der Waals surface area contributed by atoms with Crippen LogP contribution in [0.15, 0.2) is 24.3 Å². The Morgan fingerprint density at radius 3 is 2.67 bits per heavy atom. The zero-order valence-corrected chi connectivity index (χ0v) is 12.6. The number of rotatable bonds is 9. The van der Waals surface area contributed by atoms with Gasteiger partial charge in [0.15, 0.2) is 0 Å². The van der Waals surface area contributed by atoms with E-state index in [2.05, 4.69) is 5.32 Å². The van der Waals surface area contributed by atoms with Crippen LogP contribution in [0.25, 0.3) is 0 Å². The summed E-state index contributed by atoms with van der Waals surface area (Å²) in [6.45, 7) is 4.44. The van der Waals surface area contributed by atoms with Gasteiger partial charge in [0.05, 0.1) is 12.5 Å². The lowest BCUT2D eigenvalue weighted by Crippen LogP contribution is -2.33. The van der Waals surface area contributed by atoms with Gasteiger partial charge in [0.25, 0.3) is 0 Å². The maximum atomic E-state index is 11.9.